The van der Waals surface area contributed by atoms with E-state index in [2.05, 4.69) is 16.7 Å². The van der Waals surface area contributed by atoms with Gasteiger partial charge in [0, 0.05) is 44.7 Å². The fourth-order valence-corrected chi connectivity index (χ4v) is 5.05. The molecule has 34 heavy (non-hydrogen) atoms. The fraction of sp³-hybridized carbons (Fsp3) is 0.577. The Labute approximate surface area is 201 Å². The van der Waals surface area contributed by atoms with Gasteiger partial charge in [-0.05, 0) is 36.5 Å². The predicted molar refractivity (Wildman–Crippen MR) is 131 cm³/mol. The monoisotopic (exact) mass is 465 g/mol. The van der Waals surface area contributed by atoms with Crippen LogP contribution in [0.2, 0.25) is 0 Å². The average molecular weight is 466 g/mol. The smallest absolute Gasteiger partial charge is 0.227 e. The molecule has 3 aliphatic heterocycles. The molecule has 5 rings (SSSR count). The van der Waals surface area contributed by atoms with E-state index in [1.165, 1.54) is 12.8 Å². The fourth-order valence-electron chi connectivity index (χ4n) is 5.05. The van der Waals surface area contributed by atoms with Crippen molar-refractivity contribution in [3.05, 3.63) is 41.1 Å². The quantitative estimate of drug-likeness (QED) is 0.672. The molecular weight excluding hydrogens is 430 g/mol. The lowest BCUT2D eigenvalue weighted by Gasteiger charge is -2.36. The van der Waals surface area contributed by atoms with Crippen LogP contribution < -0.4 is 14.5 Å². The summed E-state index contributed by atoms with van der Waals surface area (Å²) in [6, 6.07) is 7.74. The standard InChI is InChI=1S/C26H35N5O3/c1-19-6-9-30(10-7-19)26-27-23-8-11-31(24(32)17-20-4-3-5-21(16-20)33-2)18-22(23)25(28-26)29-12-14-34-15-13-29/h3-5,16,19H,6-15,17-18H2,1-2H3. The van der Waals surface area contributed by atoms with E-state index in [0.29, 0.717) is 32.7 Å². The van der Waals surface area contributed by atoms with Crippen LogP contribution in [-0.4, -0.2) is 73.8 Å². The second kappa shape index (κ2) is 10.2. The average Bonchev–Trinajstić information content (AvgIpc) is 2.88. The largest absolute Gasteiger partial charge is 0.497 e. The number of nitrogens with zero attached hydrogens (tertiary/aromatic N) is 5. The van der Waals surface area contributed by atoms with Crippen LogP contribution in [0.25, 0.3) is 0 Å². The number of benzene rings is 1. The summed E-state index contributed by atoms with van der Waals surface area (Å²) in [5.74, 6) is 3.50. The third-order valence-corrected chi connectivity index (χ3v) is 7.25. The first kappa shape index (κ1) is 22.9. The summed E-state index contributed by atoms with van der Waals surface area (Å²) in [5, 5.41) is 0. The molecule has 2 fully saturated rings. The van der Waals surface area contributed by atoms with Gasteiger partial charge in [-0.3, -0.25) is 4.79 Å². The molecule has 0 unspecified atom stereocenters. The van der Waals surface area contributed by atoms with Crippen molar-refractivity contribution in [2.45, 2.75) is 39.2 Å². The van der Waals surface area contributed by atoms with E-state index in [-0.39, 0.29) is 5.91 Å². The van der Waals surface area contributed by atoms with E-state index >= 15 is 0 Å². The van der Waals surface area contributed by atoms with E-state index in [9.17, 15) is 4.79 Å². The van der Waals surface area contributed by atoms with Gasteiger partial charge >= 0.3 is 0 Å². The van der Waals surface area contributed by atoms with Gasteiger partial charge in [0.05, 0.1) is 39.0 Å². The number of ether oxygens (including phenoxy) is 2. The first-order valence-electron chi connectivity index (χ1n) is 12.5. The van der Waals surface area contributed by atoms with Crippen molar-refractivity contribution in [1.29, 1.82) is 0 Å². The summed E-state index contributed by atoms with van der Waals surface area (Å²) in [6.07, 6.45) is 3.49. The Bertz CT molecular complexity index is 1020. The predicted octanol–water partition coefficient (Wildman–Crippen LogP) is 2.69. The lowest BCUT2D eigenvalue weighted by molar-refractivity contribution is -0.131. The number of methoxy groups -OCH3 is 1. The zero-order valence-electron chi connectivity index (χ0n) is 20.3. The number of carbonyl (C=O) groups excluding carboxylic acids is 1. The first-order valence-corrected chi connectivity index (χ1v) is 12.5. The zero-order valence-corrected chi connectivity index (χ0v) is 20.3. The molecule has 1 aromatic heterocycles. The van der Waals surface area contributed by atoms with Crippen molar-refractivity contribution in [2.75, 3.05) is 62.8 Å². The maximum Gasteiger partial charge on any atom is 0.227 e. The third-order valence-electron chi connectivity index (χ3n) is 7.25. The summed E-state index contributed by atoms with van der Waals surface area (Å²) < 4.78 is 10.9. The molecule has 182 valence electrons. The molecule has 8 heteroatoms. The zero-order chi connectivity index (χ0) is 23.5. The van der Waals surface area contributed by atoms with Crippen LogP contribution in [0, 0.1) is 5.92 Å². The van der Waals surface area contributed by atoms with Gasteiger partial charge in [0.1, 0.15) is 11.6 Å². The molecule has 3 aliphatic rings. The molecule has 0 N–H and O–H groups in total. The molecule has 2 saturated heterocycles. The SMILES string of the molecule is COc1cccc(CC(=O)N2CCc3nc(N4CCC(C)CC4)nc(N4CCOCC4)c3C2)c1. The van der Waals surface area contributed by atoms with E-state index in [4.69, 9.17) is 19.4 Å². The summed E-state index contributed by atoms with van der Waals surface area (Å²) in [7, 11) is 1.65. The molecule has 8 nitrogen and oxygen atoms in total. The van der Waals surface area contributed by atoms with Crippen molar-refractivity contribution in [1.82, 2.24) is 14.9 Å². The molecule has 0 bridgehead atoms. The number of fused-ring (bicyclic) bond motifs is 1. The van der Waals surface area contributed by atoms with Gasteiger partial charge in [-0.1, -0.05) is 19.1 Å². The highest BCUT2D eigenvalue weighted by Crippen LogP contribution is 2.31. The summed E-state index contributed by atoms with van der Waals surface area (Å²) in [6.45, 7) is 8.62. The molecule has 4 heterocycles. The molecule has 1 amide bonds. The number of hydrogen-bond acceptors (Lipinski definition) is 7. The van der Waals surface area contributed by atoms with Gasteiger partial charge in [0.15, 0.2) is 0 Å². The van der Waals surface area contributed by atoms with Crippen molar-refractivity contribution in [3.8, 4) is 5.75 Å². The van der Waals surface area contributed by atoms with Crippen molar-refractivity contribution in [3.63, 3.8) is 0 Å². The maximum absolute atomic E-state index is 13.2. The molecule has 0 radical (unpaired) electrons. The van der Waals surface area contributed by atoms with Crippen molar-refractivity contribution >= 4 is 17.7 Å². The summed E-state index contributed by atoms with van der Waals surface area (Å²) in [4.78, 5) is 29.9. The highest BCUT2D eigenvalue weighted by atomic mass is 16.5. The first-order chi connectivity index (χ1) is 16.6. The van der Waals surface area contributed by atoms with Crippen LogP contribution in [0.1, 0.15) is 36.6 Å². The Morgan fingerprint density at radius 3 is 2.65 bits per heavy atom. The van der Waals surface area contributed by atoms with Crippen LogP contribution in [0.3, 0.4) is 0 Å². The van der Waals surface area contributed by atoms with E-state index < -0.39 is 0 Å². The molecule has 0 saturated carbocycles. The lowest BCUT2D eigenvalue weighted by atomic mass is 9.99. The number of carbonyl (C=O) groups is 1. The van der Waals surface area contributed by atoms with Crippen LogP contribution in [0.4, 0.5) is 11.8 Å². The summed E-state index contributed by atoms with van der Waals surface area (Å²) in [5.41, 5.74) is 3.16. The topological polar surface area (TPSA) is 71.0 Å². The molecule has 1 aromatic carbocycles. The second-order valence-corrected chi connectivity index (χ2v) is 9.64. The third kappa shape index (κ3) is 4.97. The van der Waals surface area contributed by atoms with Crippen LogP contribution in [0.5, 0.6) is 5.75 Å². The normalized spacial score (nSPS) is 19.2. The van der Waals surface area contributed by atoms with Gasteiger partial charge in [-0.2, -0.15) is 4.98 Å². The minimum atomic E-state index is 0.126. The van der Waals surface area contributed by atoms with Crippen molar-refractivity contribution < 1.29 is 14.3 Å². The van der Waals surface area contributed by atoms with Crippen LogP contribution >= 0.6 is 0 Å². The highest BCUT2D eigenvalue weighted by Gasteiger charge is 2.30. The number of hydrogen-bond donors (Lipinski definition) is 0. The van der Waals surface area contributed by atoms with Gasteiger partial charge in [0.2, 0.25) is 11.9 Å². The molecule has 0 spiro atoms. The Hall–Kier alpha value is -2.87. The van der Waals surface area contributed by atoms with Crippen molar-refractivity contribution in [2.24, 2.45) is 5.92 Å². The number of morpholine rings is 1. The van der Waals surface area contributed by atoms with Crippen LogP contribution in [0.15, 0.2) is 24.3 Å². The molecule has 2 aromatic rings. The summed E-state index contributed by atoms with van der Waals surface area (Å²) >= 11 is 0. The second-order valence-electron chi connectivity index (χ2n) is 9.64. The molecule has 0 aliphatic carbocycles. The molecular formula is C26H35N5O3. The Balaban J connectivity index is 1.39. The number of aromatic nitrogens is 2. The Morgan fingerprint density at radius 1 is 1.09 bits per heavy atom. The number of amides is 1. The number of anilines is 2. The van der Waals surface area contributed by atoms with Crippen LogP contribution in [-0.2, 0) is 28.9 Å². The van der Waals surface area contributed by atoms with Gasteiger partial charge in [0.25, 0.3) is 0 Å². The Morgan fingerprint density at radius 2 is 1.88 bits per heavy atom. The minimum absolute atomic E-state index is 0.126. The van der Waals surface area contributed by atoms with Gasteiger partial charge in [-0.15, -0.1) is 0 Å². The Kier molecular flexibility index (Phi) is 6.85. The highest BCUT2D eigenvalue weighted by molar-refractivity contribution is 5.79. The van der Waals surface area contributed by atoms with Gasteiger partial charge in [-0.25, -0.2) is 4.98 Å². The maximum atomic E-state index is 13.2. The molecule has 0 atom stereocenters. The lowest BCUT2D eigenvalue weighted by Crippen LogP contribution is -2.42. The van der Waals surface area contributed by atoms with E-state index in [1.54, 1.807) is 7.11 Å². The van der Waals surface area contributed by atoms with Gasteiger partial charge < -0.3 is 24.2 Å². The van der Waals surface area contributed by atoms with E-state index in [0.717, 1.165) is 72.9 Å². The van der Waals surface area contributed by atoms with E-state index in [1.807, 2.05) is 29.2 Å². The minimum Gasteiger partial charge on any atom is -0.497 e. The number of piperidine rings is 1. The number of rotatable bonds is 5.